The van der Waals surface area contributed by atoms with Crippen LogP contribution in [0.25, 0.3) is 0 Å². The van der Waals surface area contributed by atoms with E-state index in [1.807, 2.05) is 12.1 Å². The molecule has 5 heteroatoms. The van der Waals surface area contributed by atoms with Crippen molar-refractivity contribution in [1.82, 2.24) is 5.32 Å². The number of anilines is 2. The first kappa shape index (κ1) is 9.15. The fraction of sp³-hybridized carbons (Fsp3) is 0.222. The van der Waals surface area contributed by atoms with Crippen LogP contribution in [0.3, 0.4) is 0 Å². The molecule has 0 aliphatic carbocycles. The van der Waals surface area contributed by atoms with Crippen molar-refractivity contribution in [3.05, 3.63) is 23.2 Å². The Morgan fingerprint density at radius 2 is 2.36 bits per heavy atom. The van der Waals surface area contributed by atoms with Gasteiger partial charge in [-0.15, -0.1) is 0 Å². The van der Waals surface area contributed by atoms with Gasteiger partial charge in [-0.25, -0.2) is 0 Å². The summed E-state index contributed by atoms with van der Waals surface area (Å²) in [5, 5.41) is 6.72. The normalized spacial score (nSPS) is 14.8. The second-order valence-corrected chi connectivity index (χ2v) is 3.39. The molecule has 1 heterocycles. The second kappa shape index (κ2) is 3.75. The molecule has 1 aromatic carbocycles. The number of guanidine groups is 1. The van der Waals surface area contributed by atoms with E-state index in [1.54, 1.807) is 6.07 Å². The van der Waals surface area contributed by atoms with E-state index >= 15 is 0 Å². The highest BCUT2D eigenvalue weighted by Crippen LogP contribution is 2.26. The molecule has 1 aromatic rings. The lowest BCUT2D eigenvalue weighted by molar-refractivity contribution is 0.959. The SMILES string of the molecule is Nc1c(Cl)cccc1NC1=NCCN1. The monoisotopic (exact) mass is 210 g/mol. The molecule has 0 unspecified atom stereocenters. The van der Waals surface area contributed by atoms with Gasteiger partial charge < -0.3 is 16.4 Å². The van der Waals surface area contributed by atoms with Crippen LogP contribution >= 0.6 is 11.6 Å². The van der Waals surface area contributed by atoms with Gasteiger partial charge in [-0.2, -0.15) is 0 Å². The standard InChI is InChI=1S/C9H11ClN4/c10-6-2-1-3-7(8(6)11)14-9-12-4-5-13-9/h1-3H,4-5,11H2,(H2,12,13,14). The van der Waals surface area contributed by atoms with Crippen LogP contribution < -0.4 is 16.4 Å². The summed E-state index contributed by atoms with van der Waals surface area (Å²) in [4.78, 5) is 4.20. The van der Waals surface area contributed by atoms with Gasteiger partial charge in [0.05, 0.1) is 22.9 Å². The Hall–Kier alpha value is -1.42. The van der Waals surface area contributed by atoms with E-state index in [0.717, 1.165) is 24.7 Å². The van der Waals surface area contributed by atoms with Gasteiger partial charge in [-0.3, -0.25) is 4.99 Å². The number of nitrogens with zero attached hydrogens (tertiary/aromatic N) is 1. The van der Waals surface area contributed by atoms with Gasteiger partial charge >= 0.3 is 0 Å². The third-order valence-corrected chi connectivity index (χ3v) is 2.31. The minimum absolute atomic E-state index is 0.547. The Balaban J connectivity index is 2.20. The minimum atomic E-state index is 0.547. The molecule has 0 spiro atoms. The predicted molar refractivity (Wildman–Crippen MR) is 59.8 cm³/mol. The number of nitrogens with one attached hydrogen (secondary N) is 2. The number of rotatable bonds is 1. The van der Waals surface area contributed by atoms with E-state index in [1.165, 1.54) is 0 Å². The lowest BCUT2D eigenvalue weighted by Gasteiger charge is -2.09. The van der Waals surface area contributed by atoms with Crippen LogP contribution in [-0.2, 0) is 0 Å². The predicted octanol–water partition coefficient (Wildman–Crippen LogP) is 1.29. The second-order valence-electron chi connectivity index (χ2n) is 2.98. The van der Waals surface area contributed by atoms with Crippen molar-refractivity contribution in [3.63, 3.8) is 0 Å². The molecular formula is C9H11ClN4. The van der Waals surface area contributed by atoms with Gasteiger partial charge in [0.25, 0.3) is 0 Å². The summed E-state index contributed by atoms with van der Waals surface area (Å²) in [6.45, 7) is 1.66. The van der Waals surface area contributed by atoms with Crippen molar-refractivity contribution in [1.29, 1.82) is 0 Å². The maximum absolute atomic E-state index is 5.87. The van der Waals surface area contributed by atoms with Crippen LogP contribution in [0.1, 0.15) is 0 Å². The van der Waals surface area contributed by atoms with E-state index in [9.17, 15) is 0 Å². The summed E-state index contributed by atoms with van der Waals surface area (Å²) in [7, 11) is 0. The molecule has 0 radical (unpaired) electrons. The zero-order valence-corrected chi connectivity index (χ0v) is 8.30. The third-order valence-electron chi connectivity index (χ3n) is 1.98. The van der Waals surface area contributed by atoms with Crippen LogP contribution in [0.2, 0.25) is 5.02 Å². The fourth-order valence-electron chi connectivity index (χ4n) is 1.26. The average molecular weight is 211 g/mol. The van der Waals surface area contributed by atoms with Gasteiger partial charge in [0.2, 0.25) is 0 Å². The largest absolute Gasteiger partial charge is 0.396 e. The first-order chi connectivity index (χ1) is 6.77. The summed E-state index contributed by atoms with van der Waals surface area (Å²) in [5.74, 6) is 0.749. The van der Waals surface area contributed by atoms with E-state index in [-0.39, 0.29) is 0 Å². The van der Waals surface area contributed by atoms with Gasteiger partial charge in [0.15, 0.2) is 5.96 Å². The van der Waals surface area contributed by atoms with Crippen molar-refractivity contribution in [2.24, 2.45) is 4.99 Å². The molecule has 1 aliphatic rings. The quantitative estimate of drug-likeness (QED) is 0.613. The molecular weight excluding hydrogens is 200 g/mol. The summed E-state index contributed by atoms with van der Waals surface area (Å²) in [5.41, 5.74) is 7.11. The summed E-state index contributed by atoms with van der Waals surface area (Å²) < 4.78 is 0. The number of aliphatic imine (C=N–C) groups is 1. The molecule has 0 aromatic heterocycles. The number of nitrogens with two attached hydrogens (primary N) is 1. The van der Waals surface area contributed by atoms with Crippen LogP contribution in [0, 0.1) is 0 Å². The fourth-order valence-corrected chi connectivity index (χ4v) is 1.43. The van der Waals surface area contributed by atoms with Gasteiger partial charge in [0.1, 0.15) is 0 Å². The molecule has 2 rings (SSSR count). The molecule has 0 amide bonds. The summed E-state index contributed by atoms with van der Waals surface area (Å²) in [6, 6.07) is 5.46. The first-order valence-electron chi connectivity index (χ1n) is 4.37. The average Bonchev–Trinajstić information content (AvgIpc) is 2.66. The Labute approximate surface area is 87.2 Å². The summed E-state index contributed by atoms with van der Waals surface area (Å²) in [6.07, 6.45) is 0. The topological polar surface area (TPSA) is 62.4 Å². The van der Waals surface area contributed by atoms with Crippen molar-refractivity contribution in [2.45, 2.75) is 0 Å². The van der Waals surface area contributed by atoms with Crippen LogP contribution in [0.15, 0.2) is 23.2 Å². The molecule has 0 saturated carbocycles. The van der Waals surface area contributed by atoms with E-state index in [2.05, 4.69) is 15.6 Å². The molecule has 0 bridgehead atoms. The minimum Gasteiger partial charge on any atom is -0.396 e. The van der Waals surface area contributed by atoms with Crippen molar-refractivity contribution in [3.8, 4) is 0 Å². The maximum atomic E-state index is 5.87. The molecule has 14 heavy (non-hydrogen) atoms. The van der Waals surface area contributed by atoms with Crippen molar-refractivity contribution < 1.29 is 0 Å². The summed E-state index contributed by atoms with van der Waals surface area (Å²) >= 11 is 5.87. The van der Waals surface area contributed by atoms with E-state index in [0.29, 0.717) is 10.7 Å². The lowest BCUT2D eigenvalue weighted by Crippen LogP contribution is -2.26. The van der Waals surface area contributed by atoms with Crippen LogP contribution in [0.4, 0.5) is 11.4 Å². The molecule has 0 saturated heterocycles. The first-order valence-corrected chi connectivity index (χ1v) is 4.74. The zero-order chi connectivity index (χ0) is 9.97. The maximum Gasteiger partial charge on any atom is 0.195 e. The highest BCUT2D eigenvalue weighted by molar-refractivity contribution is 6.33. The molecule has 4 nitrogen and oxygen atoms in total. The van der Waals surface area contributed by atoms with Crippen LogP contribution in [0.5, 0.6) is 0 Å². The van der Waals surface area contributed by atoms with Gasteiger partial charge in [0, 0.05) is 6.54 Å². The van der Waals surface area contributed by atoms with E-state index in [4.69, 9.17) is 17.3 Å². The zero-order valence-electron chi connectivity index (χ0n) is 7.55. The number of halogens is 1. The number of para-hydroxylation sites is 1. The Bertz CT molecular complexity index is 375. The Morgan fingerprint density at radius 3 is 3.07 bits per heavy atom. The van der Waals surface area contributed by atoms with Gasteiger partial charge in [-0.05, 0) is 12.1 Å². The van der Waals surface area contributed by atoms with Crippen molar-refractivity contribution in [2.75, 3.05) is 24.1 Å². The number of benzene rings is 1. The molecule has 74 valence electrons. The smallest absolute Gasteiger partial charge is 0.195 e. The molecule has 0 atom stereocenters. The Kier molecular flexibility index (Phi) is 2.45. The molecule has 4 N–H and O–H groups in total. The van der Waals surface area contributed by atoms with Crippen LogP contribution in [-0.4, -0.2) is 19.0 Å². The molecule has 1 aliphatic heterocycles. The van der Waals surface area contributed by atoms with Crippen molar-refractivity contribution >= 4 is 28.9 Å². The lowest BCUT2D eigenvalue weighted by atomic mass is 10.3. The van der Waals surface area contributed by atoms with Gasteiger partial charge in [-0.1, -0.05) is 17.7 Å². The number of nitrogen functional groups attached to an aromatic ring is 1. The Morgan fingerprint density at radius 1 is 1.50 bits per heavy atom. The highest BCUT2D eigenvalue weighted by Gasteiger charge is 2.07. The highest BCUT2D eigenvalue weighted by atomic mass is 35.5. The number of hydrogen-bond donors (Lipinski definition) is 3. The number of hydrogen-bond acceptors (Lipinski definition) is 4. The third kappa shape index (κ3) is 1.75. The molecule has 0 fully saturated rings. The van der Waals surface area contributed by atoms with E-state index < -0.39 is 0 Å².